The van der Waals surface area contributed by atoms with Gasteiger partial charge in [-0.3, -0.25) is 0 Å². The van der Waals surface area contributed by atoms with E-state index in [0.29, 0.717) is 0 Å². The molecule has 1 heterocycles. The Morgan fingerprint density at radius 2 is 1.05 bits per heavy atom. The zero-order valence-electron chi connectivity index (χ0n) is 15.8. The van der Waals surface area contributed by atoms with Crippen LogP contribution in [-0.2, 0) is 0 Å². The number of rotatable bonds is 4. The van der Waals surface area contributed by atoms with E-state index >= 15 is 0 Å². The van der Waals surface area contributed by atoms with Crippen LogP contribution in [0.2, 0.25) is 78.6 Å². The summed E-state index contributed by atoms with van der Waals surface area (Å²) in [5.41, 5.74) is 0. The molecule has 0 aromatic carbocycles. The lowest BCUT2D eigenvalue weighted by Crippen LogP contribution is -2.92. The standard InChI is InChI=1S/C12H36N2PSi5/c1-16(2,3)13-15-14(17(4,5)6)20(13,18(7,8)9)19(10,11)12/h1-12H3/q+1. The second-order valence-corrected chi connectivity index (χ2v) is 49.1. The molecule has 1 rings (SSSR count). The van der Waals surface area contributed by atoms with Crippen molar-refractivity contribution in [2.75, 3.05) is 0 Å². The summed E-state index contributed by atoms with van der Waals surface area (Å²) in [5.74, 6) is 0. The molecule has 1 aliphatic rings. The van der Waals surface area contributed by atoms with Crippen molar-refractivity contribution in [1.29, 1.82) is 0 Å². The molecule has 0 aromatic heterocycles. The lowest BCUT2D eigenvalue weighted by Gasteiger charge is -2.59. The van der Waals surface area contributed by atoms with Crippen LogP contribution in [0.15, 0.2) is 0 Å². The quantitative estimate of drug-likeness (QED) is 0.474. The van der Waals surface area contributed by atoms with Crippen molar-refractivity contribution < 1.29 is 3.66 Å². The first-order valence-electron chi connectivity index (χ1n) is 7.79. The summed E-state index contributed by atoms with van der Waals surface area (Å²) in [6, 6.07) is 0. The van der Waals surface area contributed by atoms with Gasteiger partial charge < -0.3 is 3.66 Å². The fourth-order valence-electron chi connectivity index (χ4n) is 3.91. The van der Waals surface area contributed by atoms with Crippen molar-refractivity contribution in [3.63, 3.8) is 0 Å². The smallest absolute Gasteiger partial charge is 0.352 e. The first kappa shape index (κ1) is 19.2. The van der Waals surface area contributed by atoms with Crippen LogP contribution in [0.25, 0.3) is 0 Å². The molecule has 118 valence electrons. The molecule has 0 fully saturated rings. The molecule has 0 saturated carbocycles. The third kappa shape index (κ3) is 2.84. The summed E-state index contributed by atoms with van der Waals surface area (Å²) < 4.78 is 6.24. The van der Waals surface area contributed by atoms with Crippen LogP contribution in [0.4, 0.5) is 0 Å². The highest BCUT2D eigenvalue weighted by atomic mass is 31.1. The van der Waals surface area contributed by atoms with E-state index in [1.807, 2.05) is 0 Å². The van der Waals surface area contributed by atoms with Crippen LogP contribution in [0.3, 0.4) is 0 Å². The highest BCUT2D eigenvalue weighted by molar-refractivity contribution is 7.73. The van der Waals surface area contributed by atoms with E-state index < -0.39 is 39.1 Å². The maximum Gasteiger partial charge on any atom is 0.373 e. The summed E-state index contributed by atoms with van der Waals surface area (Å²) in [4.78, 5) is 0. The van der Waals surface area contributed by atoms with Crippen molar-refractivity contribution in [3.8, 4) is 0 Å². The Labute approximate surface area is 133 Å². The van der Waals surface area contributed by atoms with Gasteiger partial charge in [-0.05, 0) is 19.6 Å². The molecule has 0 aromatic rings. The summed E-state index contributed by atoms with van der Waals surface area (Å²) in [7, 11) is -4.64. The average Bonchev–Trinajstić information content (AvgIpc) is 1.86. The largest absolute Gasteiger partial charge is 0.373 e. The molecule has 8 heteroatoms. The first-order valence-corrected chi connectivity index (χ1v) is 26.4. The minimum Gasteiger partial charge on any atom is -0.352 e. The molecule has 1 aliphatic heterocycles. The van der Waals surface area contributed by atoms with Crippen LogP contribution in [0.5, 0.6) is 0 Å². The summed E-state index contributed by atoms with van der Waals surface area (Å²) >= 11 is 0. The van der Waals surface area contributed by atoms with E-state index in [2.05, 4.69) is 86.2 Å². The Morgan fingerprint density at radius 1 is 0.700 bits per heavy atom. The van der Waals surface area contributed by atoms with Gasteiger partial charge in [0.05, 0.1) is 0 Å². The van der Waals surface area contributed by atoms with E-state index in [9.17, 15) is 0 Å². The van der Waals surface area contributed by atoms with Crippen LogP contribution in [-0.4, -0.2) is 46.7 Å². The normalized spacial score (nSPS) is 22.3. The Hall–Kier alpha value is 1.14. The van der Waals surface area contributed by atoms with Gasteiger partial charge >= 0.3 is 15.7 Å². The second-order valence-electron chi connectivity index (χ2n) is 10.2. The molecule has 0 saturated heterocycles. The minimum atomic E-state index is -1.42. The number of hydrogen-bond donors (Lipinski definition) is 0. The van der Waals surface area contributed by atoms with Crippen molar-refractivity contribution >= 4 is 47.6 Å². The molecule has 0 N–H and O–H groups in total. The average molecular weight is 380 g/mol. The lowest BCUT2D eigenvalue weighted by molar-refractivity contribution is -0.238. The maximum absolute atomic E-state index is 3.12. The van der Waals surface area contributed by atoms with E-state index in [-0.39, 0.29) is 0 Å². The molecular formula is C12H36N2PSi5+. The molecular weight excluding hydrogens is 344 g/mol. The Bertz CT molecular complexity index is 409. The van der Waals surface area contributed by atoms with Gasteiger partial charge in [0.25, 0.3) is 8.52 Å². The van der Waals surface area contributed by atoms with Crippen LogP contribution < -0.4 is 0 Å². The lowest BCUT2D eigenvalue weighted by atomic mass is 11.8. The van der Waals surface area contributed by atoms with Gasteiger partial charge in [0.1, 0.15) is 23.4 Å². The van der Waals surface area contributed by atoms with Crippen LogP contribution in [0, 0.1) is 0 Å². The minimum absolute atomic E-state index is 1.19. The molecule has 0 radical (unpaired) electrons. The molecule has 20 heavy (non-hydrogen) atoms. The number of nitrogens with zero attached hydrogens (tertiary/aromatic N) is 2. The Kier molecular flexibility index (Phi) is 4.87. The molecule has 0 amide bonds. The fraction of sp³-hybridized carbons (Fsp3) is 1.00. The van der Waals surface area contributed by atoms with Gasteiger partial charge in [-0.15, -0.1) is 0 Å². The molecule has 2 nitrogen and oxygen atoms in total. The summed E-state index contributed by atoms with van der Waals surface area (Å²) in [6.07, 6.45) is 0. The second kappa shape index (κ2) is 5.07. The number of hydrogen-bond acceptors (Lipinski definition) is 1. The highest BCUT2D eigenvalue weighted by Crippen LogP contribution is 2.50. The maximum atomic E-state index is 3.12. The van der Waals surface area contributed by atoms with Crippen molar-refractivity contribution in [2.24, 2.45) is 0 Å². The topological polar surface area (TPSA) is 6.25 Å². The van der Waals surface area contributed by atoms with Gasteiger partial charge in [0.2, 0.25) is 0 Å². The summed E-state index contributed by atoms with van der Waals surface area (Å²) in [6.45, 7) is 31.5. The predicted octanol–water partition coefficient (Wildman–Crippen LogP) is 5.30. The van der Waals surface area contributed by atoms with Gasteiger partial charge in [-0.1, -0.05) is 58.9 Å². The highest BCUT2D eigenvalue weighted by Gasteiger charge is 2.78. The van der Waals surface area contributed by atoms with E-state index in [1.165, 1.54) is 0 Å². The van der Waals surface area contributed by atoms with Gasteiger partial charge in [0.15, 0.2) is 0 Å². The van der Waals surface area contributed by atoms with Crippen molar-refractivity contribution in [3.05, 3.63) is 0 Å². The Balaban J connectivity index is 3.65. The van der Waals surface area contributed by atoms with Crippen molar-refractivity contribution in [1.82, 2.24) is 4.00 Å². The van der Waals surface area contributed by atoms with Gasteiger partial charge in [-0.25, -0.2) is 4.00 Å². The van der Waals surface area contributed by atoms with Gasteiger partial charge in [-0.2, -0.15) is 0 Å². The third-order valence-corrected chi connectivity index (χ3v) is 58.5. The first-order chi connectivity index (χ1) is 8.47. The van der Waals surface area contributed by atoms with Crippen LogP contribution >= 0.6 is 8.52 Å². The SMILES string of the molecule is C[Si](C)(C)N1P=[N+]([Si](C)(C)C)[Si]1([Si](C)(C)C)[Si](C)(C)C. The zero-order chi connectivity index (χ0) is 16.4. The fourth-order valence-corrected chi connectivity index (χ4v) is 94.4. The Morgan fingerprint density at radius 3 is 1.25 bits per heavy atom. The predicted molar refractivity (Wildman–Crippen MR) is 108 cm³/mol. The molecule has 0 aliphatic carbocycles. The van der Waals surface area contributed by atoms with E-state index in [1.54, 1.807) is 8.52 Å². The van der Waals surface area contributed by atoms with Gasteiger partial charge in [0, 0.05) is 0 Å². The third-order valence-electron chi connectivity index (χ3n) is 4.15. The van der Waals surface area contributed by atoms with E-state index in [4.69, 9.17) is 0 Å². The molecule has 0 atom stereocenters. The summed E-state index contributed by atoms with van der Waals surface area (Å²) in [5, 5.41) is 0. The molecule has 0 bridgehead atoms. The monoisotopic (exact) mass is 379 g/mol. The zero-order valence-corrected chi connectivity index (χ0v) is 21.7. The molecule has 0 unspecified atom stereocenters. The molecule has 0 spiro atoms. The van der Waals surface area contributed by atoms with Crippen molar-refractivity contribution in [2.45, 2.75) is 78.6 Å². The van der Waals surface area contributed by atoms with Crippen LogP contribution in [0.1, 0.15) is 0 Å². The van der Waals surface area contributed by atoms with E-state index in [0.717, 1.165) is 0 Å².